The molecular formula is C16H16N2O8S. The number of hydrogen-bond donors (Lipinski definition) is 1. The van der Waals surface area contributed by atoms with Crippen molar-refractivity contribution < 1.29 is 32.6 Å². The van der Waals surface area contributed by atoms with Crippen LogP contribution in [-0.2, 0) is 32.5 Å². The molecule has 0 spiro atoms. The minimum atomic E-state index is -4.12. The number of aromatic nitrogens is 2. The number of ether oxygens (including phenoxy) is 2. The summed E-state index contributed by atoms with van der Waals surface area (Å²) in [4.78, 5) is 39.3. The molecule has 0 radical (unpaired) electrons. The van der Waals surface area contributed by atoms with Gasteiger partial charge in [-0.05, 0) is 5.56 Å². The molecule has 1 heterocycles. The number of esters is 1. The lowest BCUT2D eigenvalue weighted by Gasteiger charge is -2.14. The van der Waals surface area contributed by atoms with Crippen LogP contribution in [0.4, 0.5) is 0 Å². The Bertz CT molecular complexity index is 1030. The summed E-state index contributed by atoms with van der Waals surface area (Å²) >= 11 is 0. The molecule has 144 valence electrons. The Labute approximate surface area is 153 Å². The van der Waals surface area contributed by atoms with Crippen molar-refractivity contribution in [3.8, 4) is 5.75 Å². The van der Waals surface area contributed by atoms with Crippen LogP contribution in [0.5, 0.6) is 5.75 Å². The highest BCUT2D eigenvalue weighted by Gasteiger charge is 2.28. The molecule has 1 N–H and O–H groups in total. The molecule has 0 saturated carbocycles. The van der Waals surface area contributed by atoms with Crippen molar-refractivity contribution in [2.45, 2.75) is 18.3 Å². The molecule has 0 bridgehead atoms. The number of benzene rings is 1. The Kier molecular flexibility index (Phi) is 5.95. The topological polar surface area (TPSA) is 142 Å². The number of carboxylic acid groups (broad SMARTS) is 1. The van der Waals surface area contributed by atoms with Gasteiger partial charge in [0.25, 0.3) is 5.56 Å². The second-order valence-corrected chi connectivity index (χ2v) is 7.30. The maximum Gasteiger partial charge on any atom is 0.358 e. The zero-order valence-electron chi connectivity index (χ0n) is 14.4. The summed E-state index contributed by atoms with van der Waals surface area (Å²) in [6.07, 6.45) is 0.735. The van der Waals surface area contributed by atoms with Crippen LogP contribution in [0, 0.1) is 0 Å². The van der Waals surface area contributed by atoms with Crippen LogP contribution in [0.25, 0.3) is 0 Å². The molecule has 0 aliphatic carbocycles. The Balaban J connectivity index is 2.63. The molecule has 0 fully saturated rings. The molecule has 27 heavy (non-hydrogen) atoms. The monoisotopic (exact) mass is 396 g/mol. The number of carbonyl (C=O) groups excluding carboxylic acids is 1. The number of carbonyl (C=O) groups is 2. The lowest BCUT2D eigenvalue weighted by Crippen LogP contribution is -2.33. The summed E-state index contributed by atoms with van der Waals surface area (Å²) in [5.41, 5.74) is -1.35. The van der Waals surface area contributed by atoms with Crippen molar-refractivity contribution in [2.75, 3.05) is 13.4 Å². The molecule has 2 aromatic rings. The van der Waals surface area contributed by atoms with Crippen LogP contribution in [0.3, 0.4) is 0 Å². The van der Waals surface area contributed by atoms with Gasteiger partial charge in [0.05, 0.1) is 7.11 Å². The lowest BCUT2D eigenvalue weighted by molar-refractivity contribution is -0.141. The first-order valence-corrected chi connectivity index (χ1v) is 9.36. The number of aromatic carboxylic acids is 1. The van der Waals surface area contributed by atoms with Gasteiger partial charge in [0, 0.05) is 6.26 Å². The highest BCUT2D eigenvalue weighted by molar-refractivity contribution is 7.90. The van der Waals surface area contributed by atoms with Gasteiger partial charge in [-0.25, -0.2) is 18.2 Å². The van der Waals surface area contributed by atoms with E-state index in [0.29, 0.717) is 10.1 Å². The number of sulfone groups is 1. The number of methoxy groups -OCH3 is 1. The summed E-state index contributed by atoms with van der Waals surface area (Å²) in [6, 6.07) is 8.57. The first-order chi connectivity index (χ1) is 12.6. The largest absolute Gasteiger partial charge is 0.481 e. The zero-order valence-corrected chi connectivity index (χ0v) is 15.2. The molecule has 0 amide bonds. The van der Waals surface area contributed by atoms with E-state index in [9.17, 15) is 27.9 Å². The van der Waals surface area contributed by atoms with E-state index < -0.39 is 50.5 Å². The van der Waals surface area contributed by atoms with Crippen molar-refractivity contribution >= 4 is 21.8 Å². The highest BCUT2D eigenvalue weighted by atomic mass is 32.2. The summed E-state index contributed by atoms with van der Waals surface area (Å²) in [5.74, 6) is -3.24. The maximum atomic E-state index is 12.7. The van der Waals surface area contributed by atoms with E-state index in [1.165, 1.54) is 0 Å². The van der Waals surface area contributed by atoms with E-state index in [4.69, 9.17) is 4.74 Å². The molecule has 1 aromatic carbocycles. The fourth-order valence-corrected chi connectivity index (χ4v) is 2.94. The number of hydrogen-bond acceptors (Lipinski definition) is 8. The molecular weight excluding hydrogens is 380 g/mol. The van der Waals surface area contributed by atoms with E-state index in [-0.39, 0.29) is 6.61 Å². The summed E-state index contributed by atoms with van der Waals surface area (Å²) in [6.45, 7) is -0.930. The fourth-order valence-electron chi connectivity index (χ4n) is 2.14. The van der Waals surface area contributed by atoms with E-state index in [0.717, 1.165) is 13.4 Å². The normalized spacial score (nSPS) is 11.0. The molecule has 0 aliphatic heterocycles. The van der Waals surface area contributed by atoms with E-state index >= 15 is 0 Å². The first kappa shape index (κ1) is 20.1. The summed E-state index contributed by atoms with van der Waals surface area (Å²) < 4.78 is 34.1. The van der Waals surface area contributed by atoms with Crippen molar-refractivity contribution in [3.63, 3.8) is 0 Å². The lowest BCUT2D eigenvalue weighted by atomic mass is 10.2. The Hall–Kier alpha value is -3.21. The zero-order chi connectivity index (χ0) is 20.2. The molecule has 0 aliphatic rings. The highest BCUT2D eigenvalue weighted by Crippen LogP contribution is 2.17. The van der Waals surface area contributed by atoms with Crippen LogP contribution < -0.4 is 10.3 Å². The third-order valence-corrected chi connectivity index (χ3v) is 4.34. The minimum absolute atomic E-state index is 0.158. The average Bonchev–Trinajstić information content (AvgIpc) is 2.61. The van der Waals surface area contributed by atoms with Gasteiger partial charge in [-0.3, -0.25) is 14.2 Å². The van der Waals surface area contributed by atoms with Crippen molar-refractivity contribution in [2.24, 2.45) is 0 Å². The Morgan fingerprint density at radius 3 is 2.37 bits per heavy atom. The third kappa shape index (κ3) is 4.70. The predicted octanol–water partition coefficient (Wildman–Crippen LogP) is 0.0970. The molecule has 0 unspecified atom stereocenters. The molecule has 1 aromatic heterocycles. The van der Waals surface area contributed by atoms with Gasteiger partial charge in [-0.2, -0.15) is 0 Å². The summed E-state index contributed by atoms with van der Waals surface area (Å²) in [5, 5.41) is 8.45. The summed E-state index contributed by atoms with van der Waals surface area (Å²) in [7, 11) is -3.07. The van der Waals surface area contributed by atoms with Gasteiger partial charge in [-0.1, -0.05) is 30.3 Å². The number of rotatable bonds is 7. The SMILES string of the molecule is COC(=O)Cn1c(S(C)(=O)=O)nc(C(=O)O)c(OCc2ccccc2)c1=O. The van der Waals surface area contributed by atoms with Gasteiger partial charge in [0.1, 0.15) is 13.2 Å². The van der Waals surface area contributed by atoms with Crippen molar-refractivity contribution in [3.05, 3.63) is 51.9 Å². The molecule has 0 saturated heterocycles. The van der Waals surface area contributed by atoms with Crippen LogP contribution in [0.2, 0.25) is 0 Å². The number of carboxylic acids is 1. The first-order valence-electron chi connectivity index (χ1n) is 7.47. The van der Waals surface area contributed by atoms with Crippen molar-refractivity contribution in [1.82, 2.24) is 9.55 Å². The van der Waals surface area contributed by atoms with Crippen LogP contribution in [0.15, 0.2) is 40.3 Å². The fraction of sp³-hybridized carbons (Fsp3) is 0.250. The van der Waals surface area contributed by atoms with Gasteiger partial charge in [0.2, 0.25) is 20.7 Å². The number of nitrogens with zero attached hydrogens (tertiary/aromatic N) is 2. The molecule has 0 atom stereocenters. The average molecular weight is 396 g/mol. The second-order valence-electron chi connectivity index (χ2n) is 5.39. The Morgan fingerprint density at radius 2 is 1.85 bits per heavy atom. The molecule has 11 heteroatoms. The molecule has 2 rings (SSSR count). The van der Waals surface area contributed by atoms with Gasteiger partial charge in [-0.15, -0.1) is 0 Å². The van der Waals surface area contributed by atoms with Crippen LogP contribution >= 0.6 is 0 Å². The molecule has 10 nitrogen and oxygen atoms in total. The van der Waals surface area contributed by atoms with Crippen molar-refractivity contribution in [1.29, 1.82) is 0 Å². The van der Waals surface area contributed by atoms with Crippen LogP contribution in [0.1, 0.15) is 16.1 Å². The van der Waals surface area contributed by atoms with Gasteiger partial charge in [0.15, 0.2) is 5.69 Å². The standard InChI is InChI=1S/C16H16N2O8S/c1-25-11(19)8-18-14(20)13(26-9-10-6-4-3-5-7-10)12(15(21)22)17-16(18)27(2,23)24/h3-7H,8-9H2,1-2H3,(H,21,22). The van der Waals surface area contributed by atoms with Crippen LogP contribution in [-0.4, -0.2) is 48.4 Å². The van der Waals surface area contributed by atoms with E-state index in [2.05, 4.69) is 9.72 Å². The van der Waals surface area contributed by atoms with E-state index in [1.807, 2.05) is 0 Å². The maximum absolute atomic E-state index is 12.7. The van der Waals surface area contributed by atoms with E-state index in [1.54, 1.807) is 30.3 Å². The van der Waals surface area contributed by atoms with Gasteiger partial charge < -0.3 is 14.6 Å². The smallest absolute Gasteiger partial charge is 0.358 e. The quantitative estimate of drug-likeness (QED) is 0.509. The third-order valence-electron chi connectivity index (χ3n) is 3.37. The Morgan fingerprint density at radius 1 is 1.22 bits per heavy atom. The minimum Gasteiger partial charge on any atom is -0.481 e. The second kappa shape index (κ2) is 7.99. The predicted molar refractivity (Wildman–Crippen MR) is 91.4 cm³/mol. The van der Waals surface area contributed by atoms with Gasteiger partial charge >= 0.3 is 11.9 Å².